The number of hydrogen-bond acceptors (Lipinski definition) is 3. The van der Waals surface area contributed by atoms with Crippen LogP contribution in [0, 0.1) is 12.7 Å². The summed E-state index contributed by atoms with van der Waals surface area (Å²) in [5.74, 6) is -0.555. The zero-order valence-corrected chi connectivity index (χ0v) is 11.6. The first-order valence-corrected chi connectivity index (χ1v) is 6.54. The number of benzene rings is 1. The van der Waals surface area contributed by atoms with Gasteiger partial charge in [0.25, 0.3) is 5.91 Å². The Kier molecular flexibility index (Phi) is 4.29. The Morgan fingerprint density at radius 2 is 2.15 bits per heavy atom. The van der Waals surface area contributed by atoms with E-state index in [-0.39, 0.29) is 24.9 Å². The number of carbonyl (C=O) groups is 1. The van der Waals surface area contributed by atoms with Gasteiger partial charge in [0, 0.05) is 30.2 Å². The fourth-order valence-corrected chi connectivity index (χ4v) is 2.21. The van der Waals surface area contributed by atoms with Crippen molar-refractivity contribution in [3.63, 3.8) is 0 Å². The lowest BCUT2D eigenvalue weighted by Gasteiger charge is -2.20. The van der Waals surface area contributed by atoms with Crippen LogP contribution in [-0.2, 0) is 0 Å². The maximum absolute atomic E-state index is 13.3. The summed E-state index contributed by atoms with van der Waals surface area (Å²) in [4.78, 5) is 18.3. The maximum atomic E-state index is 13.3. The Morgan fingerprint density at radius 3 is 2.80 bits per heavy atom. The molecule has 1 aromatic carbocycles. The SMILES string of the molecule is CCN(CCO)C(=O)c1cc(C)nc2cc(F)ccc12. The lowest BCUT2D eigenvalue weighted by atomic mass is 10.1. The number of pyridine rings is 1. The molecule has 1 heterocycles. The summed E-state index contributed by atoms with van der Waals surface area (Å²) >= 11 is 0. The number of rotatable bonds is 4. The number of halogens is 1. The summed E-state index contributed by atoms with van der Waals surface area (Å²) in [6, 6.07) is 5.90. The van der Waals surface area contributed by atoms with Gasteiger partial charge >= 0.3 is 0 Å². The van der Waals surface area contributed by atoms with Crippen molar-refractivity contribution in [2.45, 2.75) is 13.8 Å². The van der Waals surface area contributed by atoms with Gasteiger partial charge in [0.15, 0.2) is 0 Å². The van der Waals surface area contributed by atoms with Crippen molar-refractivity contribution in [2.75, 3.05) is 19.7 Å². The first-order valence-electron chi connectivity index (χ1n) is 6.54. The number of aliphatic hydroxyl groups excluding tert-OH is 1. The zero-order valence-electron chi connectivity index (χ0n) is 11.6. The Balaban J connectivity index is 2.55. The van der Waals surface area contributed by atoms with E-state index in [1.54, 1.807) is 24.0 Å². The van der Waals surface area contributed by atoms with Crippen LogP contribution >= 0.6 is 0 Å². The molecule has 0 spiro atoms. The first-order chi connectivity index (χ1) is 9.56. The van der Waals surface area contributed by atoms with Crippen LogP contribution in [0.2, 0.25) is 0 Å². The quantitative estimate of drug-likeness (QED) is 0.930. The molecule has 0 unspecified atom stereocenters. The molecule has 2 rings (SSSR count). The molecule has 20 heavy (non-hydrogen) atoms. The second-order valence-corrected chi connectivity index (χ2v) is 4.58. The van der Waals surface area contributed by atoms with Crippen LogP contribution in [0.3, 0.4) is 0 Å². The lowest BCUT2D eigenvalue weighted by molar-refractivity contribution is 0.0734. The third-order valence-electron chi connectivity index (χ3n) is 3.17. The highest BCUT2D eigenvalue weighted by molar-refractivity contribution is 6.06. The molecule has 0 aliphatic carbocycles. The van der Waals surface area contributed by atoms with Crippen molar-refractivity contribution < 1.29 is 14.3 Å². The Hall–Kier alpha value is -2.01. The summed E-state index contributed by atoms with van der Waals surface area (Å²) in [6.07, 6.45) is 0. The number of amides is 1. The number of likely N-dealkylation sites (N-methyl/N-ethyl adjacent to an activating group) is 1. The smallest absolute Gasteiger partial charge is 0.254 e. The zero-order chi connectivity index (χ0) is 14.7. The fraction of sp³-hybridized carbons (Fsp3) is 0.333. The number of hydrogen-bond donors (Lipinski definition) is 1. The van der Waals surface area contributed by atoms with E-state index in [0.717, 1.165) is 0 Å². The van der Waals surface area contributed by atoms with Crippen LogP contribution in [0.5, 0.6) is 0 Å². The van der Waals surface area contributed by atoms with Crippen LogP contribution < -0.4 is 0 Å². The normalized spacial score (nSPS) is 10.8. The molecule has 1 aromatic heterocycles. The van der Waals surface area contributed by atoms with Gasteiger partial charge in [-0.1, -0.05) is 0 Å². The van der Waals surface area contributed by atoms with Crippen molar-refractivity contribution in [3.05, 3.63) is 41.3 Å². The van der Waals surface area contributed by atoms with Crippen LogP contribution in [-0.4, -0.2) is 40.6 Å². The van der Waals surface area contributed by atoms with E-state index in [9.17, 15) is 9.18 Å². The van der Waals surface area contributed by atoms with Gasteiger partial charge in [-0.2, -0.15) is 0 Å². The van der Waals surface area contributed by atoms with E-state index in [1.165, 1.54) is 12.1 Å². The second kappa shape index (κ2) is 5.96. The van der Waals surface area contributed by atoms with Gasteiger partial charge in [0.05, 0.1) is 17.7 Å². The van der Waals surface area contributed by atoms with E-state index in [0.29, 0.717) is 28.7 Å². The molecule has 0 radical (unpaired) electrons. The van der Waals surface area contributed by atoms with E-state index in [4.69, 9.17) is 5.11 Å². The molecule has 0 saturated heterocycles. The van der Waals surface area contributed by atoms with Crippen LogP contribution in [0.4, 0.5) is 4.39 Å². The molecule has 106 valence electrons. The van der Waals surface area contributed by atoms with Crippen molar-refractivity contribution >= 4 is 16.8 Å². The molecular formula is C15H17FN2O2. The van der Waals surface area contributed by atoms with Gasteiger partial charge in [-0.05, 0) is 32.0 Å². The van der Waals surface area contributed by atoms with Crippen LogP contribution in [0.15, 0.2) is 24.3 Å². The molecule has 0 fully saturated rings. The van der Waals surface area contributed by atoms with Crippen LogP contribution in [0.25, 0.3) is 10.9 Å². The van der Waals surface area contributed by atoms with E-state index < -0.39 is 0 Å². The Morgan fingerprint density at radius 1 is 1.40 bits per heavy atom. The topological polar surface area (TPSA) is 53.4 Å². The molecule has 0 bridgehead atoms. The molecule has 0 atom stereocenters. The fourth-order valence-electron chi connectivity index (χ4n) is 2.21. The van der Waals surface area contributed by atoms with Gasteiger partial charge in [-0.25, -0.2) is 4.39 Å². The summed E-state index contributed by atoms with van der Waals surface area (Å²) in [7, 11) is 0. The Bertz CT molecular complexity index is 638. The average Bonchev–Trinajstić information content (AvgIpc) is 2.42. The van der Waals surface area contributed by atoms with Crippen molar-refractivity contribution in [2.24, 2.45) is 0 Å². The lowest BCUT2D eigenvalue weighted by Crippen LogP contribution is -2.33. The van der Waals surface area contributed by atoms with Crippen LogP contribution in [0.1, 0.15) is 23.0 Å². The largest absolute Gasteiger partial charge is 0.395 e. The molecule has 1 N–H and O–H groups in total. The number of aryl methyl sites for hydroxylation is 1. The van der Waals surface area contributed by atoms with Gasteiger partial charge in [-0.15, -0.1) is 0 Å². The molecule has 4 nitrogen and oxygen atoms in total. The summed E-state index contributed by atoms with van der Waals surface area (Å²) in [5, 5.41) is 9.64. The minimum atomic E-state index is -0.378. The molecule has 2 aromatic rings. The monoisotopic (exact) mass is 276 g/mol. The van der Waals surface area contributed by atoms with Crippen molar-refractivity contribution in [1.82, 2.24) is 9.88 Å². The second-order valence-electron chi connectivity index (χ2n) is 4.58. The first kappa shape index (κ1) is 14.4. The van der Waals surface area contributed by atoms with Gasteiger partial charge < -0.3 is 10.0 Å². The number of nitrogens with zero attached hydrogens (tertiary/aromatic N) is 2. The molecule has 5 heteroatoms. The molecule has 0 aliphatic rings. The van der Waals surface area contributed by atoms with E-state index >= 15 is 0 Å². The van der Waals surface area contributed by atoms with E-state index in [2.05, 4.69) is 4.98 Å². The number of aromatic nitrogens is 1. The molecule has 0 saturated carbocycles. The predicted octanol–water partition coefficient (Wildman–Crippen LogP) is 2.14. The van der Waals surface area contributed by atoms with Gasteiger partial charge in [0.1, 0.15) is 5.82 Å². The Labute approximate surface area is 116 Å². The van der Waals surface area contributed by atoms with E-state index in [1.807, 2.05) is 6.92 Å². The van der Waals surface area contributed by atoms with Crippen molar-refractivity contribution in [3.8, 4) is 0 Å². The minimum absolute atomic E-state index is 0.0871. The molecular weight excluding hydrogens is 259 g/mol. The standard InChI is InChI=1S/C15H17FN2O2/c1-3-18(6-7-19)15(20)13-8-10(2)17-14-9-11(16)4-5-12(13)14/h4-5,8-9,19H,3,6-7H2,1-2H3. The summed E-state index contributed by atoms with van der Waals surface area (Å²) in [5.41, 5.74) is 1.61. The van der Waals surface area contributed by atoms with Gasteiger partial charge in [-0.3, -0.25) is 9.78 Å². The predicted molar refractivity (Wildman–Crippen MR) is 75.1 cm³/mol. The number of carbonyl (C=O) groups excluding carboxylic acids is 1. The molecule has 1 amide bonds. The number of fused-ring (bicyclic) bond motifs is 1. The van der Waals surface area contributed by atoms with Crippen molar-refractivity contribution in [1.29, 1.82) is 0 Å². The minimum Gasteiger partial charge on any atom is -0.395 e. The summed E-state index contributed by atoms with van der Waals surface area (Å²) in [6.45, 7) is 4.31. The summed E-state index contributed by atoms with van der Waals surface area (Å²) < 4.78 is 13.3. The third kappa shape index (κ3) is 2.77. The van der Waals surface area contributed by atoms with Gasteiger partial charge in [0.2, 0.25) is 0 Å². The maximum Gasteiger partial charge on any atom is 0.254 e. The highest BCUT2D eigenvalue weighted by Gasteiger charge is 2.17. The average molecular weight is 276 g/mol. The third-order valence-corrected chi connectivity index (χ3v) is 3.17. The number of aliphatic hydroxyl groups is 1. The highest BCUT2D eigenvalue weighted by atomic mass is 19.1. The highest BCUT2D eigenvalue weighted by Crippen LogP contribution is 2.21. The molecule has 0 aliphatic heterocycles.